The number of rotatable bonds is 39. The van der Waals surface area contributed by atoms with Crippen molar-refractivity contribution in [2.45, 2.75) is 213 Å². The van der Waals surface area contributed by atoms with Crippen LogP contribution in [0.5, 0.6) is 0 Å². The highest BCUT2D eigenvalue weighted by molar-refractivity contribution is 5.70. The van der Waals surface area contributed by atoms with Gasteiger partial charge in [-0.1, -0.05) is 177 Å². The molecule has 300 valence electrons. The molecule has 0 radical (unpaired) electrons. The van der Waals surface area contributed by atoms with Crippen molar-refractivity contribution in [2.24, 2.45) is 0 Å². The summed E-state index contributed by atoms with van der Waals surface area (Å²) in [7, 11) is 0. The number of allylic oxidation sites excluding steroid dienone is 10. The van der Waals surface area contributed by atoms with Crippen molar-refractivity contribution >= 4 is 11.9 Å². The van der Waals surface area contributed by atoms with Gasteiger partial charge < -0.3 is 14.6 Å². The van der Waals surface area contributed by atoms with E-state index in [4.69, 9.17) is 9.47 Å². The van der Waals surface area contributed by atoms with Crippen LogP contribution in [0.3, 0.4) is 0 Å². The first kappa shape index (κ1) is 49.6. The lowest BCUT2D eigenvalue weighted by Crippen LogP contribution is -2.28. The van der Waals surface area contributed by atoms with Crippen LogP contribution in [0.25, 0.3) is 0 Å². The fourth-order valence-electron chi connectivity index (χ4n) is 5.95. The quantitative estimate of drug-likeness (QED) is 0.0388. The molecule has 5 nitrogen and oxygen atoms in total. The van der Waals surface area contributed by atoms with Crippen molar-refractivity contribution in [1.29, 1.82) is 0 Å². The molecular formula is C47H82O5. The fraction of sp³-hybridized carbons (Fsp3) is 0.745. The van der Waals surface area contributed by atoms with Crippen molar-refractivity contribution in [3.8, 4) is 0 Å². The maximum Gasteiger partial charge on any atom is 0.306 e. The molecule has 0 spiro atoms. The summed E-state index contributed by atoms with van der Waals surface area (Å²) in [4.78, 5) is 24.3. The molecular weight excluding hydrogens is 645 g/mol. The number of ether oxygens (including phenoxy) is 2. The Morgan fingerprint density at radius 2 is 0.808 bits per heavy atom. The van der Waals surface area contributed by atoms with Crippen LogP contribution >= 0.6 is 0 Å². The van der Waals surface area contributed by atoms with E-state index in [2.05, 4.69) is 74.6 Å². The number of esters is 2. The average Bonchev–Trinajstić information content (AvgIpc) is 3.15. The SMILES string of the molecule is CCC/C=C\C/C=C\CCCCCCCC(=O)OCC(CO)OC(=O)CCCCCCCCCCCC/C=C\C/C=C\C/C=C\CCCCCCC. The van der Waals surface area contributed by atoms with Gasteiger partial charge in [-0.15, -0.1) is 0 Å². The molecule has 0 aliphatic heterocycles. The van der Waals surface area contributed by atoms with Crippen LogP contribution in [-0.4, -0.2) is 36.4 Å². The molecule has 0 aromatic carbocycles. The van der Waals surface area contributed by atoms with Gasteiger partial charge >= 0.3 is 11.9 Å². The van der Waals surface area contributed by atoms with Crippen molar-refractivity contribution in [3.63, 3.8) is 0 Å². The van der Waals surface area contributed by atoms with E-state index >= 15 is 0 Å². The summed E-state index contributed by atoms with van der Waals surface area (Å²) in [5.41, 5.74) is 0. The van der Waals surface area contributed by atoms with E-state index in [1.165, 1.54) is 109 Å². The van der Waals surface area contributed by atoms with E-state index in [0.29, 0.717) is 12.8 Å². The normalized spacial score (nSPS) is 12.8. The number of unbranched alkanes of at least 4 members (excludes halogenated alkanes) is 21. The zero-order chi connectivity index (χ0) is 37.8. The van der Waals surface area contributed by atoms with Crippen molar-refractivity contribution in [3.05, 3.63) is 60.8 Å². The molecule has 1 atom stereocenters. The van der Waals surface area contributed by atoms with Crippen LogP contribution in [0.1, 0.15) is 206 Å². The van der Waals surface area contributed by atoms with E-state index in [1.54, 1.807) is 0 Å². The second-order valence-electron chi connectivity index (χ2n) is 14.4. The maximum absolute atomic E-state index is 12.2. The zero-order valence-electron chi connectivity index (χ0n) is 34.1. The first-order valence-corrected chi connectivity index (χ1v) is 21.8. The Hall–Kier alpha value is -2.40. The summed E-state index contributed by atoms with van der Waals surface area (Å²) in [5, 5.41) is 9.57. The lowest BCUT2D eigenvalue weighted by Gasteiger charge is -2.15. The minimum absolute atomic E-state index is 0.0764. The number of carbonyl (C=O) groups excluding carboxylic acids is 2. The monoisotopic (exact) mass is 727 g/mol. The van der Waals surface area contributed by atoms with E-state index < -0.39 is 6.10 Å². The third kappa shape index (κ3) is 40.4. The fourth-order valence-corrected chi connectivity index (χ4v) is 5.95. The molecule has 0 rings (SSSR count). The molecule has 0 aromatic heterocycles. The lowest BCUT2D eigenvalue weighted by molar-refractivity contribution is -0.161. The summed E-state index contributed by atoms with van der Waals surface area (Å²) < 4.78 is 10.6. The second kappa shape index (κ2) is 43.0. The van der Waals surface area contributed by atoms with E-state index in [9.17, 15) is 14.7 Å². The highest BCUT2D eigenvalue weighted by atomic mass is 16.6. The second-order valence-corrected chi connectivity index (χ2v) is 14.4. The van der Waals surface area contributed by atoms with Gasteiger partial charge in [0.25, 0.3) is 0 Å². The number of hydrogen-bond acceptors (Lipinski definition) is 5. The van der Waals surface area contributed by atoms with Crippen LogP contribution in [0.2, 0.25) is 0 Å². The van der Waals surface area contributed by atoms with Crippen molar-refractivity contribution in [1.82, 2.24) is 0 Å². The predicted octanol–water partition coefficient (Wildman–Crippen LogP) is 14.0. The Morgan fingerprint density at radius 1 is 0.442 bits per heavy atom. The third-order valence-electron chi connectivity index (χ3n) is 9.26. The number of aliphatic hydroxyl groups is 1. The molecule has 0 saturated carbocycles. The van der Waals surface area contributed by atoms with Gasteiger partial charge in [-0.3, -0.25) is 9.59 Å². The summed E-state index contributed by atoms with van der Waals surface area (Å²) in [5.74, 6) is -0.613. The summed E-state index contributed by atoms with van der Waals surface area (Å²) in [6.45, 7) is 4.04. The number of carbonyl (C=O) groups is 2. The van der Waals surface area contributed by atoms with Crippen LogP contribution in [-0.2, 0) is 19.1 Å². The molecule has 1 unspecified atom stereocenters. The smallest absolute Gasteiger partial charge is 0.306 e. The molecule has 5 heteroatoms. The molecule has 52 heavy (non-hydrogen) atoms. The van der Waals surface area contributed by atoms with Gasteiger partial charge in [-0.05, 0) is 77.0 Å². The molecule has 0 aliphatic carbocycles. The zero-order valence-corrected chi connectivity index (χ0v) is 34.1. The molecule has 0 heterocycles. The van der Waals surface area contributed by atoms with Crippen LogP contribution in [0, 0.1) is 0 Å². The van der Waals surface area contributed by atoms with Gasteiger partial charge in [0.15, 0.2) is 6.10 Å². The topological polar surface area (TPSA) is 72.8 Å². The van der Waals surface area contributed by atoms with E-state index in [1.807, 2.05) is 0 Å². The van der Waals surface area contributed by atoms with Gasteiger partial charge in [-0.2, -0.15) is 0 Å². The first-order valence-electron chi connectivity index (χ1n) is 21.8. The molecule has 0 bridgehead atoms. The largest absolute Gasteiger partial charge is 0.462 e. The van der Waals surface area contributed by atoms with Gasteiger partial charge in [0.05, 0.1) is 6.61 Å². The van der Waals surface area contributed by atoms with Gasteiger partial charge in [0, 0.05) is 12.8 Å². The summed E-state index contributed by atoms with van der Waals surface area (Å²) >= 11 is 0. The third-order valence-corrected chi connectivity index (χ3v) is 9.26. The van der Waals surface area contributed by atoms with Gasteiger partial charge in [-0.25, -0.2) is 0 Å². The van der Waals surface area contributed by atoms with E-state index in [0.717, 1.165) is 70.6 Å². The van der Waals surface area contributed by atoms with Gasteiger partial charge in [0.2, 0.25) is 0 Å². The predicted molar refractivity (Wildman–Crippen MR) is 223 cm³/mol. The molecule has 0 amide bonds. The highest BCUT2D eigenvalue weighted by Crippen LogP contribution is 2.14. The van der Waals surface area contributed by atoms with Crippen LogP contribution < -0.4 is 0 Å². The average molecular weight is 727 g/mol. The molecule has 0 saturated heterocycles. The molecule has 0 aromatic rings. The van der Waals surface area contributed by atoms with Gasteiger partial charge in [0.1, 0.15) is 6.61 Å². The Morgan fingerprint density at radius 3 is 1.23 bits per heavy atom. The Bertz CT molecular complexity index is 915. The molecule has 0 fully saturated rings. The van der Waals surface area contributed by atoms with Crippen molar-refractivity contribution in [2.75, 3.05) is 13.2 Å². The number of aliphatic hydroxyl groups excluding tert-OH is 1. The first-order chi connectivity index (χ1) is 25.6. The van der Waals surface area contributed by atoms with Crippen molar-refractivity contribution < 1.29 is 24.2 Å². The molecule has 0 aliphatic rings. The standard InChI is InChI=1S/C47H82O5/c1-3-5-7-9-11-13-15-17-18-19-20-21-22-23-24-25-26-27-28-30-32-34-36-38-40-42-47(50)52-45(43-48)44-51-46(49)41-39-37-35-33-31-29-16-14-12-10-8-6-4-2/h8,10,14-17,19-20,22-23,45,48H,3-7,9,11-13,18,21,24-44H2,1-2H3/b10-8-,16-14-,17-15-,20-19-,23-22-. The van der Waals surface area contributed by atoms with Crippen LogP contribution in [0.15, 0.2) is 60.8 Å². The lowest BCUT2D eigenvalue weighted by atomic mass is 10.0. The van der Waals surface area contributed by atoms with Crippen LogP contribution in [0.4, 0.5) is 0 Å². The summed E-state index contributed by atoms with van der Waals surface area (Å²) in [6.07, 6.45) is 55.8. The minimum atomic E-state index is -0.781. The Kier molecular flexibility index (Phi) is 41.0. The molecule has 1 N–H and O–H groups in total. The maximum atomic E-state index is 12.2. The minimum Gasteiger partial charge on any atom is -0.462 e. The number of hydrogen-bond donors (Lipinski definition) is 1. The Balaban J connectivity index is 3.55. The summed E-state index contributed by atoms with van der Waals surface area (Å²) in [6, 6.07) is 0. The highest BCUT2D eigenvalue weighted by Gasteiger charge is 2.16. The Labute approximate surface area is 321 Å². The van der Waals surface area contributed by atoms with E-state index in [-0.39, 0.29) is 25.2 Å².